The Kier molecular flexibility index (Phi) is 5.72. The summed E-state index contributed by atoms with van der Waals surface area (Å²) in [5, 5.41) is 6.27. The van der Waals surface area contributed by atoms with E-state index in [9.17, 15) is 9.59 Å². The van der Waals surface area contributed by atoms with Gasteiger partial charge in [0.05, 0.1) is 6.04 Å². The Hall–Kier alpha value is -2.66. The van der Waals surface area contributed by atoms with Gasteiger partial charge in [0.1, 0.15) is 0 Å². The molecule has 0 bridgehead atoms. The van der Waals surface area contributed by atoms with Crippen LogP contribution in [0.2, 0.25) is 0 Å². The van der Waals surface area contributed by atoms with Crippen LogP contribution in [0.5, 0.6) is 0 Å². The fourth-order valence-corrected chi connectivity index (χ4v) is 4.26. The number of carbonyl (C=O) groups is 2. The highest BCUT2D eigenvalue weighted by molar-refractivity contribution is 5.96. The third-order valence-corrected chi connectivity index (χ3v) is 5.71. The molecule has 2 aliphatic rings. The summed E-state index contributed by atoms with van der Waals surface area (Å²) < 4.78 is 0. The molecule has 0 aromatic heterocycles. The molecule has 5 nitrogen and oxygen atoms in total. The summed E-state index contributed by atoms with van der Waals surface area (Å²) in [6, 6.07) is 17.9. The molecule has 2 atom stereocenters. The largest absolute Gasteiger partial charge is 0.332 e. The molecule has 4 rings (SSSR count). The van der Waals surface area contributed by atoms with Crippen LogP contribution < -0.4 is 10.6 Å². The van der Waals surface area contributed by atoms with E-state index >= 15 is 0 Å². The van der Waals surface area contributed by atoms with Gasteiger partial charge in [-0.05, 0) is 62.1 Å². The molecule has 2 unspecified atom stereocenters. The van der Waals surface area contributed by atoms with E-state index in [4.69, 9.17) is 0 Å². The topological polar surface area (TPSA) is 61.4 Å². The predicted molar refractivity (Wildman–Crippen MR) is 110 cm³/mol. The summed E-state index contributed by atoms with van der Waals surface area (Å²) >= 11 is 0. The summed E-state index contributed by atoms with van der Waals surface area (Å²) in [5.41, 5.74) is 2.59. The van der Waals surface area contributed by atoms with Gasteiger partial charge in [0, 0.05) is 30.3 Å². The van der Waals surface area contributed by atoms with E-state index < -0.39 is 0 Å². The third kappa shape index (κ3) is 4.25. The summed E-state index contributed by atoms with van der Waals surface area (Å²) in [6.45, 7) is 1.78. The number of hydrogen-bond acceptors (Lipinski definition) is 3. The fourth-order valence-electron chi connectivity index (χ4n) is 4.26. The van der Waals surface area contributed by atoms with Gasteiger partial charge in [0.15, 0.2) is 0 Å². The molecule has 0 saturated carbocycles. The lowest BCUT2D eigenvalue weighted by Gasteiger charge is -2.25. The fraction of sp³-hybridized carbons (Fsp3) is 0.391. The second kappa shape index (κ2) is 8.57. The zero-order chi connectivity index (χ0) is 19.3. The number of benzene rings is 2. The first-order valence-electron chi connectivity index (χ1n) is 10.2. The van der Waals surface area contributed by atoms with Crippen molar-refractivity contribution in [3.8, 4) is 0 Å². The summed E-state index contributed by atoms with van der Waals surface area (Å²) in [6.07, 6.45) is 4.70. The summed E-state index contributed by atoms with van der Waals surface area (Å²) in [5.74, 6) is 0.0709. The molecule has 5 heteroatoms. The second-order valence-corrected chi connectivity index (χ2v) is 7.69. The molecule has 0 aliphatic carbocycles. The van der Waals surface area contributed by atoms with Gasteiger partial charge >= 0.3 is 0 Å². The monoisotopic (exact) mass is 377 g/mol. The third-order valence-electron chi connectivity index (χ3n) is 5.71. The van der Waals surface area contributed by atoms with E-state index in [0.717, 1.165) is 44.5 Å². The first-order valence-corrected chi connectivity index (χ1v) is 10.2. The van der Waals surface area contributed by atoms with Crippen LogP contribution in [0.25, 0.3) is 0 Å². The second-order valence-electron chi connectivity index (χ2n) is 7.69. The van der Waals surface area contributed by atoms with Crippen molar-refractivity contribution in [2.24, 2.45) is 0 Å². The smallest absolute Gasteiger partial charge is 0.254 e. The number of anilines is 1. The van der Waals surface area contributed by atoms with E-state index in [1.54, 1.807) is 0 Å². The molecular formula is C23H27N3O2. The quantitative estimate of drug-likeness (QED) is 0.834. The van der Waals surface area contributed by atoms with Gasteiger partial charge in [-0.2, -0.15) is 0 Å². The number of rotatable bonds is 5. The van der Waals surface area contributed by atoms with Crippen LogP contribution in [-0.4, -0.2) is 35.8 Å². The lowest BCUT2D eigenvalue weighted by Crippen LogP contribution is -2.30. The Labute approximate surface area is 166 Å². The summed E-state index contributed by atoms with van der Waals surface area (Å²) in [4.78, 5) is 27.2. The van der Waals surface area contributed by atoms with Crippen molar-refractivity contribution in [3.63, 3.8) is 0 Å². The van der Waals surface area contributed by atoms with Crippen molar-refractivity contribution in [3.05, 3.63) is 65.7 Å². The number of carbonyl (C=O) groups excluding carboxylic acids is 2. The molecule has 2 heterocycles. The predicted octanol–water partition coefficient (Wildman–Crippen LogP) is 3.74. The number of nitrogens with zero attached hydrogens (tertiary/aromatic N) is 1. The zero-order valence-corrected chi connectivity index (χ0v) is 16.1. The molecule has 2 amide bonds. The van der Waals surface area contributed by atoms with E-state index in [1.165, 1.54) is 5.56 Å². The van der Waals surface area contributed by atoms with E-state index in [0.29, 0.717) is 12.0 Å². The summed E-state index contributed by atoms with van der Waals surface area (Å²) in [7, 11) is 0. The van der Waals surface area contributed by atoms with Crippen LogP contribution in [-0.2, 0) is 4.79 Å². The van der Waals surface area contributed by atoms with Gasteiger partial charge in [-0.1, -0.05) is 30.3 Å². The number of hydrogen-bond donors (Lipinski definition) is 2. The van der Waals surface area contributed by atoms with Crippen LogP contribution in [0.4, 0.5) is 5.69 Å². The van der Waals surface area contributed by atoms with Crippen molar-refractivity contribution in [2.45, 2.75) is 44.2 Å². The highest BCUT2D eigenvalue weighted by Crippen LogP contribution is 2.33. The molecule has 28 heavy (non-hydrogen) atoms. The van der Waals surface area contributed by atoms with Gasteiger partial charge in [-0.15, -0.1) is 0 Å². The Bertz CT molecular complexity index is 814. The lowest BCUT2D eigenvalue weighted by molar-refractivity contribution is -0.116. The standard InChI is InChI=1S/C23H27N3O2/c27-22(16-20-8-4-14-24-20)25-19-12-10-18(11-13-19)23(28)26-15-5-9-21(26)17-6-2-1-3-7-17/h1-3,6-7,10-13,20-21,24H,4-5,8-9,14-16H2,(H,25,27). The van der Waals surface area contributed by atoms with Crippen molar-refractivity contribution in [1.82, 2.24) is 10.2 Å². The van der Waals surface area contributed by atoms with Crippen molar-refractivity contribution >= 4 is 17.5 Å². The van der Waals surface area contributed by atoms with Crippen LogP contribution in [0.3, 0.4) is 0 Å². The normalized spacial score (nSPS) is 21.6. The Morgan fingerprint density at radius 2 is 1.79 bits per heavy atom. The minimum atomic E-state index is 0.0159. The number of nitrogens with one attached hydrogen (secondary N) is 2. The number of likely N-dealkylation sites (tertiary alicyclic amines) is 1. The molecule has 0 spiro atoms. The van der Waals surface area contributed by atoms with Gasteiger partial charge in [0.2, 0.25) is 5.91 Å². The van der Waals surface area contributed by atoms with E-state index in [2.05, 4.69) is 22.8 Å². The maximum absolute atomic E-state index is 13.0. The van der Waals surface area contributed by atoms with Gasteiger partial charge in [-0.3, -0.25) is 9.59 Å². The minimum Gasteiger partial charge on any atom is -0.332 e. The highest BCUT2D eigenvalue weighted by Gasteiger charge is 2.30. The average Bonchev–Trinajstić information content (AvgIpc) is 3.40. The van der Waals surface area contributed by atoms with Gasteiger partial charge < -0.3 is 15.5 Å². The molecule has 2 aromatic rings. The van der Waals surface area contributed by atoms with Crippen molar-refractivity contribution in [2.75, 3.05) is 18.4 Å². The molecule has 2 aliphatic heterocycles. The molecule has 2 fully saturated rings. The van der Waals surface area contributed by atoms with E-state index in [-0.39, 0.29) is 23.9 Å². The van der Waals surface area contributed by atoms with Crippen LogP contribution >= 0.6 is 0 Å². The van der Waals surface area contributed by atoms with Gasteiger partial charge in [-0.25, -0.2) is 0 Å². The molecule has 2 saturated heterocycles. The molecular weight excluding hydrogens is 350 g/mol. The SMILES string of the molecule is O=C(CC1CCCN1)Nc1ccc(C(=O)N2CCCC2c2ccccc2)cc1. The average molecular weight is 377 g/mol. The molecule has 2 aromatic carbocycles. The Morgan fingerprint density at radius 3 is 2.50 bits per heavy atom. The minimum absolute atomic E-state index is 0.0159. The van der Waals surface area contributed by atoms with Gasteiger partial charge in [0.25, 0.3) is 5.91 Å². The number of amides is 2. The maximum atomic E-state index is 13.0. The Morgan fingerprint density at radius 1 is 1.00 bits per heavy atom. The first kappa shape index (κ1) is 18.7. The lowest BCUT2D eigenvalue weighted by atomic mass is 10.0. The zero-order valence-electron chi connectivity index (χ0n) is 16.1. The molecule has 2 N–H and O–H groups in total. The first-order chi connectivity index (χ1) is 13.7. The van der Waals surface area contributed by atoms with E-state index in [1.807, 2.05) is 47.4 Å². The van der Waals surface area contributed by atoms with Crippen LogP contribution in [0.15, 0.2) is 54.6 Å². The Balaban J connectivity index is 1.39. The van der Waals surface area contributed by atoms with Crippen LogP contribution in [0, 0.1) is 0 Å². The molecule has 146 valence electrons. The highest BCUT2D eigenvalue weighted by atomic mass is 16.2. The van der Waals surface area contributed by atoms with Crippen molar-refractivity contribution < 1.29 is 9.59 Å². The maximum Gasteiger partial charge on any atom is 0.254 e. The molecule has 0 radical (unpaired) electrons. The van der Waals surface area contributed by atoms with Crippen molar-refractivity contribution in [1.29, 1.82) is 0 Å². The van der Waals surface area contributed by atoms with Crippen LogP contribution in [0.1, 0.15) is 54.1 Å².